The van der Waals surface area contributed by atoms with Gasteiger partial charge in [-0.05, 0) is 0 Å². The Labute approximate surface area is 431 Å². The standard InChI is InChI=1S/C10H16N2O8.6K.H2O3S/c13-7(14)3-11(4-8(15)16)1-2-12(5-9(17)18)6-10(19)20;;;;;;;1-4(2)3/h1-6H2,(H,13,14)(H,15,16)(H,17,18)(H,19,20);;;;;;;(H2,1,2,3)/q;6*+1;/p-6. The molecule has 0 aromatic carbocycles. The zero-order chi connectivity index (χ0) is 19.3. The van der Waals surface area contributed by atoms with E-state index in [2.05, 4.69) is 0 Å². The van der Waals surface area contributed by atoms with Crippen LogP contribution in [0.2, 0.25) is 0 Å². The maximum Gasteiger partial charge on any atom is 1.00 e. The third-order valence-electron chi connectivity index (χ3n) is 2.14. The van der Waals surface area contributed by atoms with E-state index < -0.39 is 61.4 Å². The van der Waals surface area contributed by atoms with Gasteiger partial charge < -0.3 is 48.7 Å². The maximum atomic E-state index is 10.4. The summed E-state index contributed by atoms with van der Waals surface area (Å²) in [5.74, 6) is -6.12. The minimum absolute atomic E-state index is 0. The van der Waals surface area contributed by atoms with Crippen molar-refractivity contribution in [2.24, 2.45) is 0 Å². The van der Waals surface area contributed by atoms with Gasteiger partial charge in [0.1, 0.15) is 0 Å². The Morgan fingerprint density at radius 1 is 0.533 bits per heavy atom. The Hall–Kier alpha value is 7.69. The van der Waals surface area contributed by atoms with Gasteiger partial charge in [0.2, 0.25) is 0 Å². The Kier molecular flexibility index (Phi) is 74.5. The Bertz CT molecular complexity index is 419. The molecule has 0 saturated heterocycles. The first-order chi connectivity index (χ1) is 10.9. The fourth-order valence-corrected chi connectivity index (χ4v) is 1.44. The number of carboxylic acid groups (broad SMARTS) is 4. The van der Waals surface area contributed by atoms with Crippen LogP contribution < -0.4 is 329 Å². The quantitative estimate of drug-likeness (QED) is 0.158. The monoisotopic (exact) mass is 602 g/mol. The van der Waals surface area contributed by atoms with Gasteiger partial charge >= 0.3 is 308 Å². The van der Waals surface area contributed by atoms with Gasteiger partial charge in [-0.2, -0.15) is 0 Å². The van der Waals surface area contributed by atoms with Crippen LogP contribution in [-0.4, -0.2) is 86.3 Å². The summed E-state index contributed by atoms with van der Waals surface area (Å²) in [5.41, 5.74) is 0. The van der Waals surface area contributed by atoms with Crippen LogP contribution in [0.15, 0.2) is 0 Å². The second kappa shape index (κ2) is 38.8. The second-order valence-corrected chi connectivity index (χ2v) is 4.52. The smallest absolute Gasteiger partial charge is 0.784 e. The molecule has 0 amide bonds. The third-order valence-corrected chi connectivity index (χ3v) is 2.14. The normalized spacial score (nSPS) is 8.30. The van der Waals surface area contributed by atoms with Gasteiger partial charge in [-0.3, -0.25) is 14.0 Å². The van der Waals surface area contributed by atoms with E-state index in [0.717, 1.165) is 9.80 Å². The van der Waals surface area contributed by atoms with Crippen LogP contribution in [0.3, 0.4) is 0 Å². The fourth-order valence-electron chi connectivity index (χ4n) is 1.44. The van der Waals surface area contributed by atoms with Gasteiger partial charge in [-0.1, -0.05) is 0 Å². The molecule has 0 aromatic heterocycles. The first kappa shape index (κ1) is 57.6. The van der Waals surface area contributed by atoms with Crippen molar-refractivity contribution in [1.29, 1.82) is 0 Å². The number of carbonyl (C=O) groups excluding carboxylic acids is 4. The molecule has 140 valence electrons. The molecule has 0 aliphatic carbocycles. The molecule has 20 heteroatoms. The predicted molar refractivity (Wildman–Crippen MR) is 62.6 cm³/mol. The van der Waals surface area contributed by atoms with Crippen LogP contribution in [0.1, 0.15) is 0 Å². The van der Waals surface area contributed by atoms with E-state index in [9.17, 15) is 39.6 Å². The number of nitrogens with zero attached hydrogens (tertiary/aromatic N) is 2. The largest absolute Gasteiger partial charge is 1.00 e. The van der Waals surface area contributed by atoms with Crippen LogP contribution >= 0.6 is 0 Å². The molecule has 0 radical (unpaired) electrons. The summed E-state index contributed by atoms with van der Waals surface area (Å²) in [6, 6.07) is 0. The number of carbonyl (C=O) groups is 4. The summed E-state index contributed by atoms with van der Waals surface area (Å²) in [4.78, 5) is 43.4. The van der Waals surface area contributed by atoms with Crippen LogP contribution in [0.4, 0.5) is 0 Å². The molecular formula is C10H12K6N2O11S. The predicted octanol–water partition coefficient (Wildman–Crippen LogP) is -26.4. The molecule has 0 fully saturated rings. The number of aliphatic carboxylic acids is 4. The van der Waals surface area contributed by atoms with Crippen molar-refractivity contribution in [3.63, 3.8) is 0 Å². The topological polar surface area (TPSA) is 230 Å². The van der Waals surface area contributed by atoms with E-state index >= 15 is 0 Å². The zero-order valence-electron chi connectivity index (χ0n) is 18.0. The summed E-state index contributed by atoms with van der Waals surface area (Å²) < 4.78 is 25.3. The molecule has 0 N–H and O–H groups in total. The molecule has 0 unspecified atom stereocenters. The summed E-state index contributed by atoms with van der Waals surface area (Å²) in [6.45, 7) is -3.25. The van der Waals surface area contributed by atoms with Crippen LogP contribution in [0.5, 0.6) is 0 Å². The van der Waals surface area contributed by atoms with E-state index in [4.69, 9.17) is 13.3 Å². The van der Waals surface area contributed by atoms with Crippen molar-refractivity contribution < 1.29 is 361 Å². The van der Waals surface area contributed by atoms with Crippen molar-refractivity contribution in [2.75, 3.05) is 39.3 Å². The van der Waals surface area contributed by atoms with E-state index in [0.29, 0.717) is 0 Å². The van der Waals surface area contributed by atoms with Gasteiger partial charge in [0.15, 0.2) is 0 Å². The number of carboxylic acids is 4. The minimum atomic E-state index is -3.11. The average molecular weight is 603 g/mol. The molecule has 0 rings (SSSR count). The van der Waals surface area contributed by atoms with E-state index in [1.807, 2.05) is 0 Å². The van der Waals surface area contributed by atoms with E-state index in [-0.39, 0.29) is 321 Å². The number of rotatable bonds is 11. The average Bonchev–Trinajstić information content (AvgIpc) is 2.32. The number of hydrogen-bond acceptors (Lipinski definition) is 13. The molecule has 0 heterocycles. The Balaban J connectivity index is -0.0000000739. The summed E-state index contributed by atoms with van der Waals surface area (Å²) >= 11 is -3.11. The molecule has 0 aliphatic rings. The van der Waals surface area contributed by atoms with Gasteiger partial charge in [0.05, 0.1) is 23.9 Å². The molecule has 0 spiro atoms. The molecule has 13 nitrogen and oxygen atoms in total. The van der Waals surface area contributed by atoms with Gasteiger partial charge in [0, 0.05) is 39.3 Å². The Morgan fingerprint density at radius 2 is 0.667 bits per heavy atom. The third kappa shape index (κ3) is 52.2. The van der Waals surface area contributed by atoms with Gasteiger partial charge in [0.25, 0.3) is 0 Å². The first-order valence-corrected chi connectivity index (χ1v) is 6.94. The van der Waals surface area contributed by atoms with Crippen molar-refractivity contribution in [3.05, 3.63) is 0 Å². The summed E-state index contributed by atoms with van der Waals surface area (Å²) in [5, 5.41) is 41.6. The maximum absolute atomic E-state index is 10.4. The van der Waals surface area contributed by atoms with Crippen LogP contribution in [0, 0.1) is 0 Å². The van der Waals surface area contributed by atoms with Crippen molar-refractivity contribution in [1.82, 2.24) is 9.80 Å². The number of hydrogen-bond donors (Lipinski definition) is 0. The van der Waals surface area contributed by atoms with Crippen LogP contribution in [0.25, 0.3) is 0 Å². The van der Waals surface area contributed by atoms with E-state index in [1.165, 1.54) is 0 Å². The summed E-state index contributed by atoms with van der Waals surface area (Å²) in [6.07, 6.45) is 0. The van der Waals surface area contributed by atoms with Crippen molar-refractivity contribution in [3.8, 4) is 0 Å². The second-order valence-electron chi connectivity index (χ2n) is 4.11. The van der Waals surface area contributed by atoms with Gasteiger partial charge in [-0.25, -0.2) is 0 Å². The Morgan fingerprint density at radius 3 is 0.767 bits per heavy atom. The fraction of sp³-hybridized carbons (Fsp3) is 0.600. The molecule has 0 bridgehead atoms. The molecular weight excluding hydrogens is 591 g/mol. The molecule has 0 aliphatic heterocycles. The zero-order valence-corrected chi connectivity index (χ0v) is 37.6. The summed E-state index contributed by atoms with van der Waals surface area (Å²) in [7, 11) is 0. The van der Waals surface area contributed by atoms with Gasteiger partial charge in [-0.15, -0.1) is 11.4 Å². The minimum Gasteiger partial charge on any atom is -0.784 e. The molecule has 0 aromatic rings. The molecule has 30 heavy (non-hydrogen) atoms. The van der Waals surface area contributed by atoms with Crippen molar-refractivity contribution in [2.45, 2.75) is 0 Å². The van der Waals surface area contributed by atoms with Crippen LogP contribution in [-0.2, 0) is 30.5 Å². The molecule has 0 saturated carbocycles. The SMILES string of the molecule is O=C([O-])CN(CCN(CC(=O)[O-])CC(=O)[O-])CC(=O)[O-].O=S([O-])[O-].[K+].[K+].[K+].[K+].[K+].[K+]. The van der Waals surface area contributed by atoms with E-state index in [1.54, 1.807) is 0 Å². The van der Waals surface area contributed by atoms with Crippen molar-refractivity contribution >= 4 is 35.2 Å². The molecule has 0 atom stereocenters. The first-order valence-electron chi connectivity index (χ1n) is 5.94.